The number of carboxylic acid groups (broad SMARTS) is 1. The number of methoxy groups -OCH3 is 1. The molecule has 0 atom stereocenters. The SMILES string of the molecule is COc1cc(/C=C/C(=O)/C(CCC(=O)O)=C(O)/C=C/c2ccc(O)c(CO)c2)ccc1O. The lowest BCUT2D eigenvalue weighted by molar-refractivity contribution is -0.136. The number of allylic oxidation sites excluding steroid dienone is 3. The third-order valence-electron chi connectivity index (χ3n) is 4.53. The maximum atomic E-state index is 12.7. The number of benzene rings is 2. The third-order valence-corrected chi connectivity index (χ3v) is 4.53. The van der Waals surface area contributed by atoms with Crippen LogP contribution in [0.25, 0.3) is 12.2 Å². The molecule has 0 radical (unpaired) electrons. The first-order chi connectivity index (χ1) is 15.2. The monoisotopic (exact) mass is 440 g/mol. The number of rotatable bonds is 10. The number of aromatic hydroxyl groups is 2. The van der Waals surface area contributed by atoms with E-state index < -0.39 is 17.5 Å². The van der Waals surface area contributed by atoms with Crippen LogP contribution in [0.15, 0.2) is 59.9 Å². The Labute approximate surface area is 184 Å². The Balaban J connectivity index is 2.31. The zero-order valence-corrected chi connectivity index (χ0v) is 17.4. The highest BCUT2D eigenvalue weighted by Crippen LogP contribution is 2.27. The fourth-order valence-electron chi connectivity index (χ4n) is 2.79. The number of hydrogen-bond acceptors (Lipinski definition) is 7. The standard InChI is InChI=1S/C24H24O8/c1-32-23-13-16(5-10-22(23)29)4-9-21(28)18(6-11-24(30)31)20(27)8-3-15-2-7-19(26)17(12-15)14-25/h2-5,7-10,12-13,25-27,29H,6,11,14H2,1H3,(H,30,31)/b8-3+,9-4+,20-18-. The molecule has 0 fully saturated rings. The number of phenols is 2. The minimum Gasteiger partial charge on any atom is -0.508 e. The molecular formula is C24H24O8. The van der Waals surface area contributed by atoms with Gasteiger partial charge in [-0.25, -0.2) is 0 Å². The van der Waals surface area contributed by atoms with E-state index in [4.69, 9.17) is 9.84 Å². The van der Waals surface area contributed by atoms with Crippen LogP contribution >= 0.6 is 0 Å². The Kier molecular flexibility index (Phi) is 8.62. The van der Waals surface area contributed by atoms with Crippen molar-refractivity contribution in [1.29, 1.82) is 0 Å². The number of ketones is 1. The summed E-state index contributed by atoms with van der Waals surface area (Å²) >= 11 is 0. The number of hydrogen-bond donors (Lipinski definition) is 5. The number of carbonyl (C=O) groups excluding carboxylic acids is 1. The fraction of sp³-hybridized carbons (Fsp3) is 0.167. The van der Waals surface area contributed by atoms with Crippen molar-refractivity contribution >= 4 is 23.9 Å². The van der Waals surface area contributed by atoms with Gasteiger partial charge in [-0.05, 0) is 54.0 Å². The number of phenolic OH excluding ortho intramolecular Hbond substituents is 1. The van der Waals surface area contributed by atoms with Gasteiger partial charge >= 0.3 is 5.97 Å². The molecule has 0 aromatic heterocycles. The van der Waals surface area contributed by atoms with Crippen LogP contribution in [0, 0.1) is 0 Å². The molecule has 0 aliphatic carbocycles. The quantitative estimate of drug-likeness (QED) is 0.214. The number of aliphatic carboxylic acids is 1. The Hall–Kier alpha value is -4.04. The largest absolute Gasteiger partial charge is 0.508 e. The molecule has 168 valence electrons. The predicted molar refractivity (Wildman–Crippen MR) is 118 cm³/mol. The van der Waals surface area contributed by atoms with E-state index in [2.05, 4.69) is 0 Å². The van der Waals surface area contributed by atoms with E-state index in [1.807, 2.05) is 0 Å². The second-order valence-electron chi connectivity index (χ2n) is 6.77. The van der Waals surface area contributed by atoms with Crippen molar-refractivity contribution in [1.82, 2.24) is 0 Å². The van der Waals surface area contributed by atoms with Crippen LogP contribution in [-0.4, -0.2) is 44.4 Å². The van der Waals surface area contributed by atoms with E-state index in [1.54, 1.807) is 12.1 Å². The van der Waals surface area contributed by atoms with E-state index in [0.717, 1.165) is 0 Å². The van der Waals surface area contributed by atoms with Gasteiger partial charge in [0.1, 0.15) is 11.5 Å². The lowest BCUT2D eigenvalue weighted by Gasteiger charge is -2.06. The average molecular weight is 440 g/mol. The van der Waals surface area contributed by atoms with Crippen LogP contribution in [0.2, 0.25) is 0 Å². The minimum atomic E-state index is -1.12. The molecule has 2 aromatic rings. The van der Waals surface area contributed by atoms with E-state index in [0.29, 0.717) is 16.7 Å². The number of ether oxygens (including phenoxy) is 1. The number of carbonyl (C=O) groups is 2. The lowest BCUT2D eigenvalue weighted by Crippen LogP contribution is -2.05. The highest BCUT2D eigenvalue weighted by molar-refractivity contribution is 6.07. The van der Waals surface area contributed by atoms with Crippen molar-refractivity contribution in [3.8, 4) is 17.2 Å². The van der Waals surface area contributed by atoms with E-state index >= 15 is 0 Å². The molecule has 0 aliphatic heterocycles. The molecular weight excluding hydrogens is 416 g/mol. The molecule has 0 bridgehead atoms. The van der Waals surface area contributed by atoms with Gasteiger partial charge in [0.25, 0.3) is 0 Å². The molecule has 32 heavy (non-hydrogen) atoms. The van der Waals surface area contributed by atoms with Crippen LogP contribution < -0.4 is 4.74 Å². The average Bonchev–Trinajstić information content (AvgIpc) is 2.77. The van der Waals surface area contributed by atoms with Crippen molar-refractivity contribution in [2.45, 2.75) is 19.4 Å². The zero-order valence-electron chi connectivity index (χ0n) is 17.4. The Morgan fingerprint density at radius 3 is 2.16 bits per heavy atom. The second kappa shape index (κ2) is 11.4. The minimum absolute atomic E-state index is 0.0561. The summed E-state index contributed by atoms with van der Waals surface area (Å²) in [6.07, 6.45) is 4.82. The topological polar surface area (TPSA) is 145 Å². The molecule has 0 saturated heterocycles. The maximum Gasteiger partial charge on any atom is 0.303 e. The van der Waals surface area contributed by atoms with E-state index in [-0.39, 0.29) is 42.3 Å². The number of carboxylic acids is 1. The summed E-state index contributed by atoms with van der Waals surface area (Å²) < 4.78 is 5.02. The molecule has 0 saturated carbocycles. The summed E-state index contributed by atoms with van der Waals surface area (Å²) in [6.45, 7) is -0.371. The van der Waals surface area contributed by atoms with Gasteiger partial charge in [-0.1, -0.05) is 24.3 Å². The first-order valence-electron chi connectivity index (χ1n) is 9.59. The van der Waals surface area contributed by atoms with Gasteiger partial charge in [-0.3, -0.25) is 9.59 Å². The Morgan fingerprint density at radius 1 is 0.906 bits per heavy atom. The van der Waals surface area contributed by atoms with Crippen LogP contribution in [0.3, 0.4) is 0 Å². The van der Waals surface area contributed by atoms with Gasteiger partial charge in [0.2, 0.25) is 0 Å². The summed E-state index contributed by atoms with van der Waals surface area (Å²) in [6, 6.07) is 8.93. The Bertz CT molecular complexity index is 1080. The highest BCUT2D eigenvalue weighted by atomic mass is 16.5. The number of aliphatic hydroxyl groups is 2. The van der Waals surface area contributed by atoms with Crippen molar-refractivity contribution in [2.75, 3.05) is 7.11 Å². The summed E-state index contributed by atoms with van der Waals surface area (Å²) in [5, 5.41) is 47.9. The molecule has 0 spiro atoms. The van der Waals surface area contributed by atoms with Gasteiger partial charge in [-0.2, -0.15) is 0 Å². The summed E-state index contributed by atoms with van der Waals surface area (Å²) in [4.78, 5) is 23.6. The molecule has 2 aromatic carbocycles. The number of aliphatic hydroxyl groups excluding tert-OH is 2. The third kappa shape index (κ3) is 6.75. The smallest absolute Gasteiger partial charge is 0.303 e. The summed E-state index contributed by atoms with van der Waals surface area (Å²) in [5.74, 6) is -2.00. The van der Waals surface area contributed by atoms with E-state index in [1.165, 1.54) is 55.7 Å². The molecule has 5 N–H and O–H groups in total. The molecule has 2 rings (SSSR count). The van der Waals surface area contributed by atoms with Gasteiger partial charge in [-0.15, -0.1) is 0 Å². The first-order valence-corrected chi connectivity index (χ1v) is 9.59. The molecule has 8 nitrogen and oxygen atoms in total. The van der Waals surface area contributed by atoms with Crippen molar-refractivity contribution in [3.05, 3.63) is 76.6 Å². The van der Waals surface area contributed by atoms with Gasteiger partial charge in [0.05, 0.1) is 13.7 Å². The lowest BCUT2D eigenvalue weighted by atomic mass is 10.0. The van der Waals surface area contributed by atoms with Gasteiger partial charge < -0.3 is 30.3 Å². The molecule has 0 aliphatic rings. The second-order valence-corrected chi connectivity index (χ2v) is 6.77. The predicted octanol–water partition coefficient (Wildman–Crippen LogP) is 3.57. The maximum absolute atomic E-state index is 12.7. The van der Waals surface area contributed by atoms with Crippen LogP contribution in [0.4, 0.5) is 0 Å². The Morgan fingerprint density at radius 2 is 1.53 bits per heavy atom. The van der Waals surface area contributed by atoms with Crippen molar-refractivity contribution in [3.63, 3.8) is 0 Å². The van der Waals surface area contributed by atoms with Crippen molar-refractivity contribution < 1.29 is 39.9 Å². The molecule has 8 heteroatoms. The first kappa shape index (κ1) is 24.2. The molecule has 0 unspecified atom stereocenters. The van der Waals surface area contributed by atoms with Crippen LogP contribution in [0.5, 0.6) is 17.2 Å². The van der Waals surface area contributed by atoms with Crippen LogP contribution in [-0.2, 0) is 16.2 Å². The normalized spacial score (nSPS) is 12.2. The van der Waals surface area contributed by atoms with E-state index in [9.17, 15) is 30.0 Å². The molecule has 0 amide bonds. The fourth-order valence-corrected chi connectivity index (χ4v) is 2.79. The van der Waals surface area contributed by atoms with Crippen LogP contribution in [0.1, 0.15) is 29.5 Å². The molecule has 0 heterocycles. The zero-order chi connectivity index (χ0) is 23.7. The summed E-state index contributed by atoms with van der Waals surface area (Å²) in [5.41, 5.74) is 1.31. The van der Waals surface area contributed by atoms with Gasteiger partial charge in [0, 0.05) is 17.6 Å². The highest BCUT2D eigenvalue weighted by Gasteiger charge is 2.14. The van der Waals surface area contributed by atoms with Gasteiger partial charge in [0.15, 0.2) is 17.3 Å². The van der Waals surface area contributed by atoms with Crippen molar-refractivity contribution in [2.24, 2.45) is 0 Å². The summed E-state index contributed by atoms with van der Waals surface area (Å²) in [7, 11) is 1.39.